The number of aromatic carboxylic acids is 1. The lowest BCUT2D eigenvalue weighted by Crippen LogP contribution is -2.22. The van der Waals surface area contributed by atoms with Crippen LogP contribution in [-0.2, 0) is 4.79 Å². The number of carbonyl (C=O) groups excluding carboxylic acids is 1. The average Bonchev–Trinajstić information content (AvgIpc) is 3.08. The number of carboxylic acids is 1. The van der Waals surface area contributed by atoms with E-state index in [0.717, 1.165) is 21.8 Å². The fourth-order valence-electron chi connectivity index (χ4n) is 3.66. The number of amides is 1. The molecule has 0 radical (unpaired) electrons. The Morgan fingerprint density at radius 1 is 1.28 bits per heavy atom. The van der Waals surface area contributed by atoms with Crippen molar-refractivity contribution in [2.24, 2.45) is 0 Å². The van der Waals surface area contributed by atoms with Crippen LogP contribution in [0.3, 0.4) is 0 Å². The van der Waals surface area contributed by atoms with Gasteiger partial charge in [0.2, 0.25) is 5.91 Å². The Morgan fingerprint density at radius 2 is 2.07 bits per heavy atom. The number of halogens is 1. The zero-order valence-electron chi connectivity index (χ0n) is 15.6. The fourth-order valence-corrected chi connectivity index (χ4v) is 4.90. The maximum absolute atomic E-state index is 13.8. The van der Waals surface area contributed by atoms with Crippen LogP contribution in [0.15, 0.2) is 48.5 Å². The minimum Gasteiger partial charge on any atom is -0.494 e. The summed E-state index contributed by atoms with van der Waals surface area (Å²) in [6.45, 7) is 2.35. The molecule has 148 valence electrons. The van der Waals surface area contributed by atoms with E-state index in [1.165, 1.54) is 18.2 Å². The quantitative estimate of drug-likeness (QED) is 0.611. The van der Waals surface area contributed by atoms with Crippen molar-refractivity contribution in [1.82, 2.24) is 0 Å². The number of thiophene rings is 1. The standard InChI is InChI=1S/C22H18FNO4S/c1-2-28-16-9-4-3-8-14(16)15-11-17(25)24-19-18(12-6-5-7-13(23)10-12)21(22(26)27)29-20(15)19/h3-10,15H,2,11H2,1H3,(H,24,25)(H,26,27)/t15-/m1/s1. The first-order valence-corrected chi connectivity index (χ1v) is 9.98. The molecule has 0 saturated heterocycles. The molecule has 29 heavy (non-hydrogen) atoms. The van der Waals surface area contributed by atoms with Crippen LogP contribution >= 0.6 is 11.3 Å². The van der Waals surface area contributed by atoms with Crippen LogP contribution < -0.4 is 10.1 Å². The number of rotatable bonds is 5. The molecular formula is C22H18FNO4S. The second-order valence-corrected chi connectivity index (χ2v) is 7.69. The lowest BCUT2D eigenvalue weighted by molar-refractivity contribution is -0.116. The SMILES string of the molecule is CCOc1ccccc1[C@H]1CC(=O)Nc2c1sc(C(=O)O)c2-c1cccc(F)c1. The molecule has 3 aromatic rings. The highest BCUT2D eigenvalue weighted by Crippen LogP contribution is 2.50. The van der Waals surface area contributed by atoms with Crippen molar-refractivity contribution in [3.05, 3.63) is 69.7 Å². The molecule has 0 saturated carbocycles. The van der Waals surface area contributed by atoms with Crippen molar-refractivity contribution in [2.45, 2.75) is 19.3 Å². The highest BCUT2D eigenvalue weighted by molar-refractivity contribution is 7.15. The Morgan fingerprint density at radius 3 is 2.79 bits per heavy atom. The number of hydrogen-bond acceptors (Lipinski definition) is 4. The van der Waals surface area contributed by atoms with E-state index in [9.17, 15) is 19.1 Å². The first-order chi connectivity index (χ1) is 14.0. The van der Waals surface area contributed by atoms with Crippen molar-refractivity contribution in [2.75, 3.05) is 11.9 Å². The van der Waals surface area contributed by atoms with E-state index in [1.54, 1.807) is 6.07 Å². The predicted octanol–water partition coefficient (Wildman–Crippen LogP) is 5.13. The molecule has 2 aromatic carbocycles. The summed E-state index contributed by atoms with van der Waals surface area (Å²) in [5.41, 5.74) is 2.02. The highest BCUT2D eigenvalue weighted by Gasteiger charge is 2.35. The molecule has 0 aliphatic carbocycles. The molecule has 0 fully saturated rings. The van der Waals surface area contributed by atoms with E-state index in [-0.39, 0.29) is 23.1 Å². The summed E-state index contributed by atoms with van der Waals surface area (Å²) in [6.07, 6.45) is 0.180. The third-order valence-electron chi connectivity index (χ3n) is 4.81. The molecule has 5 nitrogen and oxygen atoms in total. The van der Waals surface area contributed by atoms with E-state index in [2.05, 4.69) is 5.32 Å². The second-order valence-electron chi connectivity index (χ2n) is 6.64. The lowest BCUT2D eigenvalue weighted by Gasteiger charge is -2.25. The summed E-state index contributed by atoms with van der Waals surface area (Å²) in [4.78, 5) is 25.3. The number of hydrogen-bond donors (Lipinski definition) is 2. The third-order valence-corrected chi connectivity index (χ3v) is 6.10. The lowest BCUT2D eigenvalue weighted by atomic mass is 9.88. The van der Waals surface area contributed by atoms with E-state index < -0.39 is 11.8 Å². The number of carbonyl (C=O) groups is 2. The van der Waals surface area contributed by atoms with Crippen LogP contribution in [-0.4, -0.2) is 23.6 Å². The van der Waals surface area contributed by atoms with Gasteiger partial charge in [0.15, 0.2) is 0 Å². The Kier molecular flexibility index (Phi) is 5.07. The van der Waals surface area contributed by atoms with Gasteiger partial charge in [-0.2, -0.15) is 0 Å². The molecule has 0 spiro atoms. The molecule has 7 heteroatoms. The minimum atomic E-state index is -1.12. The number of benzene rings is 2. The monoisotopic (exact) mass is 411 g/mol. The summed E-state index contributed by atoms with van der Waals surface area (Å²) in [5, 5.41) is 12.6. The van der Waals surface area contributed by atoms with Crippen molar-refractivity contribution < 1.29 is 23.8 Å². The fraction of sp³-hybridized carbons (Fsp3) is 0.182. The maximum atomic E-state index is 13.8. The van der Waals surface area contributed by atoms with Gasteiger partial charge in [0, 0.05) is 28.3 Å². The minimum absolute atomic E-state index is 0.0710. The van der Waals surface area contributed by atoms with E-state index >= 15 is 0 Å². The zero-order valence-corrected chi connectivity index (χ0v) is 16.4. The van der Waals surface area contributed by atoms with Crippen LogP contribution in [0.4, 0.5) is 10.1 Å². The summed E-state index contributed by atoms with van der Waals surface area (Å²) in [6, 6.07) is 13.2. The molecule has 1 aromatic heterocycles. The van der Waals surface area contributed by atoms with Crippen LogP contribution in [0, 0.1) is 5.82 Å². The molecule has 1 aliphatic rings. The molecular weight excluding hydrogens is 393 g/mol. The van der Waals surface area contributed by atoms with Gasteiger partial charge in [-0.05, 0) is 30.7 Å². The van der Waals surface area contributed by atoms with Gasteiger partial charge < -0.3 is 15.2 Å². The molecule has 1 aliphatic heterocycles. The van der Waals surface area contributed by atoms with Crippen molar-refractivity contribution in [3.63, 3.8) is 0 Å². The molecule has 0 unspecified atom stereocenters. The Labute approximate surface area is 170 Å². The van der Waals surface area contributed by atoms with E-state index in [1.807, 2.05) is 31.2 Å². The van der Waals surface area contributed by atoms with Crippen LogP contribution in [0.2, 0.25) is 0 Å². The van der Waals surface area contributed by atoms with Gasteiger partial charge in [-0.15, -0.1) is 11.3 Å². The number of nitrogens with one attached hydrogen (secondary N) is 1. The molecule has 1 atom stereocenters. The first-order valence-electron chi connectivity index (χ1n) is 9.17. The summed E-state index contributed by atoms with van der Waals surface area (Å²) in [7, 11) is 0. The number of carboxylic acid groups (broad SMARTS) is 1. The van der Waals surface area contributed by atoms with E-state index in [0.29, 0.717) is 29.2 Å². The first kappa shape index (κ1) is 19.1. The molecule has 2 heterocycles. The Balaban J connectivity index is 1.94. The van der Waals surface area contributed by atoms with Crippen LogP contribution in [0.5, 0.6) is 5.75 Å². The van der Waals surface area contributed by atoms with Gasteiger partial charge in [0.1, 0.15) is 16.4 Å². The molecule has 2 N–H and O–H groups in total. The summed E-state index contributed by atoms with van der Waals surface area (Å²) >= 11 is 1.11. The molecule has 0 bridgehead atoms. The Hall–Kier alpha value is -3.19. The zero-order chi connectivity index (χ0) is 20.5. The molecule has 1 amide bonds. The van der Waals surface area contributed by atoms with Crippen LogP contribution in [0.1, 0.15) is 39.4 Å². The summed E-state index contributed by atoms with van der Waals surface area (Å²) < 4.78 is 19.6. The van der Waals surface area contributed by atoms with Gasteiger partial charge in [-0.3, -0.25) is 4.79 Å². The van der Waals surface area contributed by atoms with Gasteiger partial charge >= 0.3 is 5.97 Å². The number of fused-ring (bicyclic) bond motifs is 1. The average molecular weight is 411 g/mol. The van der Waals surface area contributed by atoms with Gasteiger partial charge in [0.25, 0.3) is 0 Å². The van der Waals surface area contributed by atoms with Gasteiger partial charge in [-0.25, -0.2) is 9.18 Å². The van der Waals surface area contributed by atoms with Crippen molar-refractivity contribution in [1.29, 1.82) is 0 Å². The topological polar surface area (TPSA) is 75.6 Å². The number of para-hydroxylation sites is 1. The molecule has 4 rings (SSSR count). The second kappa shape index (κ2) is 7.67. The van der Waals surface area contributed by atoms with Crippen LogP contribution in [0.25, 0.3) is 11.1 Å². The number of ether oxygens (including phenoxy) is 1. The van der Waals surface area contributed by atoms with E-state index in [4.69, 9.17) is 4.74 Å². The largest absolute Gasteiger partial charge is 0.494 e. The number of anilines is 1. The van der Waals surface area contributed by atoms with Gasteiger partial charge in [-0.1, -0.05) is 30.3 Å². The highest BCUT2D eigenvalue weighted by atomic mass is 32.1. The smallest absolute Gasteiger partial charge is 0.346 e. The Bertz CT molecular complexity index is 1110. The summed E-state index contributed by atoms with van der Waals surface area (Å²) in [5.74, 6) is -1.49. The predicted molar refractivity (Wildman–Crippen MR) is 109 cm³/mol. The third kappa shape index (κ3) is 3.49. The van der Waals surface area contributed by atoms with Gasteiger partial charge in [0.05, 0.1) is 12.3 Å². The van der Waals surface area contributed by atoms with Crippen molar-refractivity contribution in [3.8, 4) is 16.9 Å². The normalized spacial score (nSPS) is 15.5. The van der Waals surface area contributed by atoms with Crippen molar-refractivity contribution >= 4 is 28.9 Å². The maximum Gasteiger partial charge on any atom is 0.346 e.